The Morgan fingerprint density at radius 1 is 1.73 bits per heavy atom. The maximum atomic E-state index is 5.65. The molecule has 1 atom stereocenters. The van der Waals surface area contributed by atoms with Crippen LogP contribution in [0.4, 0.5) is 0 Å². The molecule has 0 spiro atoms. The number of hydrogen-bond donors (Lipinski definition) is 0. The standard InChI is InChI=1S/C9H16ClN/c1-8(6-10)7-11-5-3-4-9(11)2/h9H,1,3-7H2,2H3. The summed E-state index contributed by atoms with van der Waals surface area (Å²) in [4.78, 5) is 2.45. The average molecular weight is 174 g/mol. The van der Waals surface area contributed by atoms with Crippen molar-refractivity contribution in [2.45, 2.75) is 25.8 Å². The molecule has 0 aliphatic carbocycles. The molecule has 1 nitrogen and oxygen atoms in total. The molecular formula is C9H16ClN. The van der Waals surface area contributed by atoms with E-state index in [-0.39, 0.29) is 0 Å². The van der Waals surface area contributed by atoms with Crippen LogP contribution < -0.4 is 0 Å². The van der Waals surface area contributed by atoms with Crippen molar-refractivity contribution in [3.8, 4) is 0 Å². The average Bonchev–Trinajstić information content (AvgIpc) is 2.37. The van der Waals surface area contributed by atoms with E-state index in [9.17, 15) is 0 Å². The Labute approximate surface area is 74.0 Å². The summed E-state index contributed by atoms with van der Waals surface area (Å²) in [5.41, 5.74) is 1.14. The number of nitrogens with zero attached hydrogens (tertiary/aromatic N) is 1. The van der Waals surface area contributed by atoms with E-state index in [0.29, 0.717) is 5.88 Å². The molecule has 0 aromatic heterocycles. The topological polar surface area (TPSA) is 3.24 Å². The first-order valence-electron chi connectivity index (χ1n) is 4.20. The Bertz CT molecular complexity index is 144. The van der Waals surface area contributed by atoms with Crippen molar-refractivity contribution < 1.29 is 0 Å². The van der Waals surface area contributed by atoms with E-state index in [2.05, 4.69) is 18.4 Å². The first-order valence-corrected chi connectivity index (χ1v) is 4.74. The summed E-state index contributed by atoms with van der Waals surface area (Å²) in [7, 11) is 0. The lowest BCUT2D eigenvalue weighted by atomic mass is 10.2. The van der Waals surface area contributed by atoms with E-state index >= 15 is 0 Å². The summed E-state index contributed by atoms with van der Waals surface area (Å²) in [6.45, 7) is 8.38. The predicted octanol–water partition coefficient (Wildman–Crippen LogP) is 2.27. The van der Waals surface area contributed by atoms with Gasteiger partial charge in [-0.25, -0.2) is 0 Å². The molecule has 2 heteroatoms. The van der Waals surface area contributed by atoms with Gasteiger partial charge in [-0.15, -0.1) is 11.6 Å². The summed E-state index contributed by atoms with van der Waals surface area (Å²) >= 11 is 5.65. The van der Waals surface area contributed by atoms with Gasteiger partial charge in [0.1, 0.15) is 0 Å². The fourth-order valence-corrected chi connectivity index (χ4v) is 1.64. The molecule has 64 valence electrons. The minimum atomic E-state index is 0.600. The number of halogens is 1. The lowest BCUT2D eigenvalue weighted by Crippen LogP contribution is -2.28. The van der Waals surface area contributed by atoms with Crippen molar-refractivity contribution in [3.63, 3.8) is 0 Å². The quantitative estimate of drug-likeness (QED) is 0.468. The van der Waals surface area contributed by atoms with Gasteiger partial charge in [-0.2, -0.15) is 0 Å². The molecule has 1 aliphatic rings. The molecule has 1 aliphatic heterocycles. The van der Waals surface area contributed by atoms with Crippen LogP contribution in [0, 0.1) is 0 Å². The molecule has 0 aromatic carbocycles. The van der Waals surface area contributed by atoms with Gasteiger partial charge in [0.25, 0.3) is 0 Å². The van der Waals surface area contributed by atoms with Crippen molar-refractivity contribution in [2.24, 2.45) is 0 Å². The van der Waals surface area contributed by atoms with Gasteiger partial charge in [-0.3, -0.25) is 4.90 Å². The van der Waals surface area contributed by atoms with Gasteiger partial charge >= 0.3 is 0 Å². The molecule has 0 radical (unpaired) electrons. The van der Waals surface area contributed by atoms with E-state index in [0.717, 1.165) is 18.2 Å². The summed E-state index contributed by atoms with van der Waals surface area (Å²) in [6.07, 6.45) is 2.66. The van der Waals surface area contributed by atoms with Crippen LogP contribution in [0.25, 0.3) is 0 Å². The van der Waals surface area contributed by atoms with E-state index in [4.69, 9.17) is 11.6 Å². The highest BCUT2D eigenvalue weighted by atomic mass is 35.5. The summed E-state index contributed by atoms with van der Waals surface area (Å²) in [6, 6.07) is 0.731. The third-order valence-electron chi connectivity index (χ3n) is 2.31. The van der Waals surface area contributed by atoms with Crippen LogP contribution in [0.2, 0.25) is 0 Å². The monoisotopic (exact) mass is 173 g/mol. The van der Waals surface area contributed by atoms with Gasteiger partial charge in [0.15, 0.2) is 0 Å². The lowest BCUT2D eigenvalue weighted by molar-refractivity contribution is 0.292. The van der Waals surface area contributed by atoms with Gasteiger partial charge in [-0.05, 0) is 31.9 Å². The first-order chi connectivity index (χ1) is 5.24. The van der Waals surface area contributed by atoms with Crippen molar-refractivity contribution >= 4 is 11.6 Å². The van der Waals surface area contributed by atoms with Crippen molar-refractivity contribution in [2.75, 3.05) is 19.0 Å². The van der Waals surface area contributed by atoms with Crippen molar-refractivity contribution in [1.82, 2.24) is 4.90 Å². The molecule has 1 heterocycles. The van der Waals surface area contributed by atoms with Gasteiger partial charge < -0.3 is 0 Å². The summed E-state index contributed by atoms with van der Waals surface area (Å²) in [5.74, 6) is 0.600. The molecule has 1 saturated heterocycles. The summed E-state index contributed by atoms with van der Waals surface area (Å²) in [5, 5.41) is 0. The second-order valence-electron chi connectivity index (χ2n) is 3.35. The van der Waals surface area contributed by atoms with Crippen LogP contribution in [-0.2, 0) is 0 Å². The fourth-order valence-electron chi connectivity index (χ4n) is 1.56. The van der Waals surface area contributed by atoms with Crippen LogP contribution in [0.15, 0.2) is 12.2 Å². The molecule has 0 bridgehead atoms. The summed E-state index contributed by atoms with van der Waals surface area (Å²) < 4.78 is 0. The number of likely N-dealkylation sites (tertiary alicyclic amines) is 1. The maximum absolute atomic E-state index is 5.65. The SMILES string of the molecule is C=C(CCl)CN1CCCC1C. The van der Waals surface area contributed by atoms with Crippen LogP contribution >= 0.6 is 11.6 Å². The maximum Gasteiger partial charge on any atom is 0.0443 e. The Hall–Kier alpha value is -0.0100. The van der Waals surface area contributed by atoms with Gasteiger partial charge in [-0.1, -0.05) is 6.58 Å². The number of hydrogen-bond acceptors (Lipinski definition) is 1. The molecule has 1 rings (SSSR count). The highest BCUT2D eigenvalue weighted by Gasteiger charge is 2.19. The largest absolute Gasteiger partial charge is 0.297 e. The third-order valence-corrected chi connectivity index (χ3v) is 2.68. The Morgan fingerprint density at radius 3 is 2.91 bits per heavy atom. The zero-order valence-electron chi connectivity index (χ0n) is 7.15. The zero-order valence-corrected chi connectivity index (χ0v) is 7.90. The first kappa shape index (κ1) is 9.08. The van der Waals surface area contributed by atoms with Crippen LogP contribution in [0.1, 0.15) is 19.8 Å². The molecule has 0 saturated carbocycles. The minimum Gasteiger partial charge on any atom is -0.297 e. The zero-order chi connectivity index (χ0) is 8.27. The van der Waals surface area contributed by atoms with E-state index in [1.165, 1.54) is 19.4 Å². The van der Waals surface area contributed by atoms with Crippen LogP contribution in [0.5, 0.6) is 0 Å². The second-order valence-corrected chi connectivity index (χ2v) is 3.61. The molecule has 1 fully saturated rings. The Kier molecular flexibility index (Phi) is 3.41. The van der Waals surface area contributed by atoms with E-state index in [1.54, 1.807) is 0 Å². The molecule has 0 amide bonds. The number of rotatable bonds is 3. The van der Waals surface area contributed by atoms with Crippen LogP contribution in [0.3, 0.4) is 0 Å². The Balaban J connectivity index is 2.30. The Morgan fingerprint density at radius 2 is 2.45 bits per heavy atom. The van der Waals surface area contributed by atoms with Crippen LogP contribution in [-0.4, -0.2) is 29.9 Å². The normalized spacial score (nSPS) is 25.8. The lowest BCUT2D eigenvalue weighted by Gasteiger charge is -2.21. The molecule has 11 heavy (non-hydrogen) atoms. The smallest absolute Gasteiger partial charge is 0.0443 e. The van der Waals surface area contributed by atoms with Gasteiger partial charge in [0.2, 0.25) is 0 Å². The number of alkyl halides is 1. The predicted molar refractivity (Wildman–Crippen MR) is 50.1 cm³/mol. The fraction of sp³-hybridized carbons (Fsp3) is 0.778. The van der Waals surface area contributed by atoms with E-state index in [1.807, 2.05) is 0 Å². The minimum absolute atomic E-state index is 0.600. The molecular weight excluding hydrogens is 158 g/mol. The third kappa shape index (κ3) is 2.49. The molecule has 0 N–H and O–H groups in total. The second kappa shape index (κ2) is 4.13. The highest BCUT2D eigenvalue weighted by molar-refractivity contribution is 6.19. The van der Waals surface area contributed by atoms with Gasteiger partial charge in [0.05, 0.1) is 0 Å². The molecule has 1 unspecified atom stereocenters. The van der Waals surface area contributed by atoms with E-state index < -0.39 is 0 Å². The van der Waals surface area contributed by atoms with Crippen molar-refractivity contribution in [3.05, 3.63) is 12.2 Å². The molecule has 0 aromatic rings. The van der Waals surface area contributed by atoms with Crippen molar-refractivity contribution in [1.29, 1.82) is 0 Å². The van der Waals surface area contributed by atoms with Gasteiger partial charge in [0, 0.05) is 18.5 Å². The highest BCUT2D eigenvalue weighted by Crippen LogP contribution is 2.17.